The molecular formula is C14H26N2O4. The van der Waals surface area contributed by atoms with Gasteiger partial charge >= 0.3 is 5.97 Å². The second-order valence-corrected chi connectivity index (χ2v) is 6.13. The number of hydrogen-bond acceptors (Lipinski definition) is 4. The van der Waals surface area contributed by atoms with Crippen LogP contribution in [0.2, 0.25) is 0 Å². The van der Waals surface area contributed by atoms with Crippen LogP contribution in [0.15, 0.2) is 0 Å². The molecule has 1 aliphatic rings. The summed E-state index contributed by atoms with van der Waals surface area (Å²) in [6, 6.07) is 0. The maximum Gasteiger partial charge on any atom is 0.306 e. The first-order chi connectivity index (χ1) is 9.34. The summed E-state index contributed by atoms with van der Waals surface area (Å²) in [7, 11) is 0. The highest BCUT2D eigenvalue weighted by Gasteiger charge is 2.27. The number of aliphatic carboxylic acids is 1. The second kappa shape index (κ2) is 7.59. The van der Waals surface area contributed by atoms with Gasteiger partial charge < -0.3 is 20.5 Å². The molecule has 1 heterocycles. The minimum absolute atomic E-state index is 0.0531. The Labute approximate surface area is 120 Å². The number of nitrogens with two attached hydrogens (primary N) is 1. The molecule has 0 aromatic rings. The topological polar surface area (TPSA) is 92.9 Å². The van der Waals surface area contributed by atoms with Gasteiger partial charge in [0.2, 0.25) is 5.91 Å². The Balaban J connectivity index is 2.41. The van der Waals surface area contributed by atoms with Gasteiger partial charge in [0.15, 0.2) is 0 Å². The molecule has 0 radical (unpaired) electrons. The molecule has 0 bridgehead atoms. The van der Waals surface area contributed by atoms with Crippen LogP contribution in [0, 0.1) is 5.41 Å². The maximum atomic E-state index is 12.2. The molecule has 6 nitrogen and oxygen atoms in total. The molecular weight excluding hydrogens is 260 g/mol. The van der Waals surface area contributed by atoms with E-state index in [1.807, 2.05) is 0 Å². The smallest absolute Gasteiger partial charge is 0.306 e. The van der Waals surface area contributed by atoms with Crippen LogP contribution < -0.4 is 5.73 Å². The second-order valence-electron chi connectivity index (χ2n) is 6.13. The fraction of sp³-hybridized carbons (Fsp3) is 0.857. The van der Waals surface area contributed by atoms with Crippen LogP contribution in [0.4, 0.5) is 0 Å². The van der Waals surface area contributed by atoms with Crippen molar-refractivity contribution in [3.63, 3.8) is 0 Å². The van der Waals surface area contributed by atoms with Crippen molar-refractivity contribution in [2.24, 2.45) is 11.1 Å². The van der Waals surface area contributed by atoms with Crippen molar-refractivity contribution < 1.29 is 19.4 Å². The normalized spacial score (nSPS) is 19.9. The number of rotatable bonds is 7. The van der Waals surface area contributed by atoms with Gasteiger partial charge in [-0.25, -0.2) is 0 Å². The van der Waals surface area contributed by atoms with Gasteiger partial charge in [-0.15, -0.1) is 0 Å². The highest BCUT2D eigenvalue weighted by Crippen LogP contribution is 2.26. The third kappa shape index (κ3) is 5.88. The van der Waals surface area contributed by atoms with E-state index in [0.29, 0.717) is 32.7 Å². The van der Waals surface area contributed by atoms with Gasteiger partial charge in [-0.2, -0.15) is 0 Å². The Hall–Kier alpha value is -1.14. The fourth-order valence-corrected chi connectivity index (χ4v) is 2.38. The molecule has 0 saturated carbocycles. The van der Waals surface area contributed by atoms with Gasteiger partial charge in [-0.05, 0) is 24.8 Å². The molecule has 1 aliphatic heterocycles. The molecule has 0 aromatic carbocycles. The fourth-order valence-electron chi connectivity index (χ4n) is 2.38. The molecule has 116 valence electrons. The minimum Gasteiger partial charge on any atom is -0.481 e. The van der Waals surface area contributed by atoms with E-state index in [-0.39, 0.29) is 23.8 Å². The van der Waals surface area contributed by atoms with Crippen LogP contribution >= 0.6 is 0 Å². The molecule has 0 aliphatic carbocycles. The first kappa shape index (κ1) is 16.9. The van der Waals surface area contributed by atoms with Crippen molar-refractivity contribution in [1.29, 1.82) is 0 Å². The Morgan fingerprint density at radius 1 is 1.40 bits per heavy atom. The average molecular weight is 286 g/mol. The van der Waals surface area contributed by atoms with Crippen molar-refractivity contribution >= 4 is 11.9 Å². The molecule has 6 heteroatoms. The highest BCUT2D eigenvalue weighted by molar-refractivity contribution is 5.76. The van der Waals surface area contributed by atoms with Gasteiger partial charge in [0, 0.05) is 19.5 Å². The van der Waals surface area contributed by atoms with E-state index in [9.17, 15) is 9.59 Å². The van der Waals surface area contributed by atoms with Crippen LogP contribution in [-0.4, -0.2) is 54.2 Å². The summed E-state index contributed by atoms with van der Waals surface area (Å²) in [6.45, 7) is 6.18. The van der Waals surface area contributed by atoms with Gasteiger partial charge in [0.25, 0.3) is 0 Å². The van der Waals surface area contributed by atoms with Crippen molar-refractivity contribution in [2.75, 3.05) is 26.2 Å². The lowest BCUT2D eigenvalue weighted by atomic mass is 9.84. The Morgan fingerprint density at radius 3 is 2.70 bits per heavy atom. The van der Waals surface area contributed by atoms with E-state index >= 15 is 0 Å². The zero-order valence-corrected chi connectivity index (χ0v) is 12.4. The molecule has 1 amide bonds. The zero-order chi connectivity index (χ0) is 15.2. The summed E-state index contributed by atoms with van der Waals surface area (Å²) in [5.41, 5.74) is 5.63. The summed E-state index contributed by atoms with van der Waals surface area (Å²) in [6.07, 6.45) is 1.73. The third-order valence-electron chi connectivity index (χ3n) is 3.73. The lowest BCUT2D eigenvalue weighted by molar-refractivity contribution is -0.147. The van der Waals surface area contributed by atoms with E-state index in [2.05, 4.69) is 13.8 Å². The SMILES string of the molecule is CC(C)(CCN)CCC(=O)N1CCOC(CC(=O)O)C1. The van der Waals surface area contributed by atoms with E-state index < -0.39 is 5.97 Å². The number of hydrogen-bond donors (Lipinski definition) is 2. The third-order valence-corrected chi connectivity index (χ3v) is 3.73. The van der Waals surface area contributed by atoms with Gasteiger partial charge in [0.1, 0.15) is 0 Å². The molecule has 1 rings (SSSR count). The molecule has 1 fully saturated rings. The van der Waals surface area contributed by atoms with Crippen LogP contribution in [0.25, 0.3) is 0 Å². The van der Waals surface area contributed by atoms with Crippen LogP contribution in [0.5, 0.6) is 0 Å². The monoisotopic (exact) mass is 286 g/mol. The molecule has 1 unspecified atom stereocenters. The zero-order valence-electron chi connectivity index (χ0n) is 12.4. The standard InChI is InChI=1S/C14H26N2O4/c1-14(2,5-6-15)4-3-12(17)16-7-8-20-11(10-16)9-13(18)19/h11H,3-10,15H2,1-2H3,(H,18,19). The lowest BCUT2D eigenvalue weighted by Gasteiger charge is -2.33. The lowest BCUT2D eigenvalue weighted by Crippen LogP contribution is -2.46. The Bertz CT molecular complexity index is 344. The molecule has 1 atom stereocenters. The predicted molar refractivity (Wildman–Crippen MR) is 75.3 cm³/mol. The molecule has 20 heavy (non-hydrogen) atoms. The van der Waals surface area contributed by atoms with Crippen molar-refractivity contribution in [3.8, 4) is 0 Å². The van der Waals surface area contributed by atoms with Crippen LogP contribution in [0.1, 0.15) is 39.5 Å². The van der Waals surface area contributed by atoms with Crippen molar-refractivity contribution in [1.82, 2.24) is 4.90 Å². The molecule has 3 N–H and O–H groups in total. The minimum atomic E-state index is -0.895. The summed E-state index contributed by atoms with van der Waals surface area (Å²) in [4.78, 5) is 24.6. The number of carbonyl (C=O) groups excluding carboxylic acids is 1. The number of ether oxygens (including phenoxy) is 1. The summed E-state index contributed by atoms with van der Waals surface area (Å²) >= 11 is 0. The van der Waals surface area contributed by atoms with Crippen LogP contribution in [0.3, 0.4) is 0 Å². The van der Waals surface area contributed by atoms with Gasteiger partial charge in [-0.3, -0.25) is 9.59 Å². The number of carboxylic acids is 1. The predicted octanol–water partition coefficient (Wildman–Crippen LogP) is 0.844. The van der Waals surface area contributed by atoms with E-state index in [1.54, 1.807) is 4.90 Å². The first-order valence-electron chi connectivity index (χ1n) is 7.15. The van der Waals surface area contributed by atoms with Gasteiger partial charge in [0.05, 0.1) is 19.1 Å². The molecule has 0 aromatic heterocycles. The first-order valence-corrected chi connectivity index (χ1v) is 7.15. The molecule has 1 saturated heterocycles. The van der Waals surface area contributed by atoms with E-state index in [0.717, 1.165) is 12.8 Å². The largest absolute Gasteiger partial charge is 0.481 e. The number of carboxylic acid groups (broad SMARTS) is 1. The van der Waals surface area contributed by atoms with Crippen molar-refractivity contribution in [2.45, 2.75) is 45.6 Å². The summed E-state index contributed by atoms with van der Waals surface area (Å²) < 4.78 is 5.36. The number of carbonyl (C=O) groups is 2. The summed E-state index contributed by atoms with van der Waals surface area (Å²) in [5, 5.41) is 8.76. The molecule has 0 spiro atoms. The van der Waals surface area contributed by atoms with Crippen LogP contribution in [-0.2, 0) is 14.3 Å². The summed E-state index contributed by atoms with van der Waals surface area (Å²) in [5.74, 6) is -0.817. The Morgan fingerprint density at radius 2 is 2.10 bits per heavy atom. The van der Waals surface area contributed by atoms with E-state index in [1.165, 1.54) is 0 Å². The van der Waals surface area contributed by atoms with Crippen molar-refractivity contribution in [3.05, 3.63) is 0 Å². The van der Waals surface area contributed by atoms with Gasteiger partial charge in [-0.1, -0.05) is 13.8 Å². The quantitative estimate of drug-likeness (QED) is 0.723. The maximum absolute atomic E-state index is 12.2. The highest BCUT2D eigenvalue weighted by atomic mass is 16.5. The van der Waals surface area contributed by atoms with E-state index in [4.69, 9.17) is 15.6 Å². The number of nitrogens with zero attached hydrogens (tertiary/aromatic N) is 1. The average Bonchev–Trinajstić information content (AvgIpc) is 2.35. The number of amides is 1. The number of morpholine rings is 1. The Kier molecular flexibility index (Phi) is 6.42.